The van der Waals surface area contributed by atoms with Crippen LogP contribution in [0.1, 0.15) is 29.5 Å². The molecule has 1 aromatic rings. The molecule has 1 aliphatic rings. The van der Waals surface area contributed by atoms with Gasteiger partial charge in [-0.1, -0.05) is 0 Å². The van der Waals surface area contributed by atoms with Crippen molar-refractivity contribution in [2.45, 2.75) is 32.9 Å². The van der Waals surface area contributed by atoms with Gasteiger partial charge in [0.25, 0.3) is 5.91 Å². The van der Waals surface area contributed by atoms with Crippen molar-refractivity contribution in [3.8, 4) is 0 Å². The molecule has 2 rings (SSSR count). The Hall–Kier alpha value is -2.25. The number of likely N-dealkylation sites (tertiary alicyclic amines) is 1. The van der Waals surface area contributed by atoms with Crippen LogP contribution in [-0.4, -0.2) is 52.9 Å². The number of amides is 2. The molecule has 1 saturated heterocycles. The summed E-state index contributed by atoms with van der Waals surface area (Å²) in [4.78, 5) is 25.5. The van der Waals surface area contributed by atoms with Crippen LogP contribution in [0, 0.1) is 6.92 Å². The first-order chi connectivity index (χ1) is 9.97. The van der Waals surface area contributed by atoms with Gasteiger partial charge in [-0.05, 0) is 20.3 Å². The van der Waals surface area contributed by atoms with E-state index in [-0.39, 0.29) is 11.9 Å². The summed E-state index contributed by atoms with van der Waals surface area (Å²) in [5, 5.41) is 6.96. The molecule has 3 N–H and O–H groups in total. The van der Waals surface area contributed by atoms with Crippen LogP contribution < -0.4 is 11.1 Å². The number of carbonyl (C=O) groups is 2. The highest BCUT2D eigenvalue weighted by atomic mass is 16.5. The van der Waals surface area contributed by atoms with E-state index in [1.54, 1.807) is 16.5 Å². The van der Waals surface area contributed by atoms with Crippen molar-refractivity contribution >= 4 is 17.7 Å². The minimum absolute atomic E-state index is 0.0956. The van der Waals surface area contributed by atoms with E-state index in [0.717, 1.165) is 0 Å². The SMILES string of the molecule is CCn1nc(C)c(N)c1C(=O)N1CCC(NC(=O)OC)C1. The zero-order valence-corrected chi connectivity index (χ0v) is 12.5. The number of nitrogens with two attached hydrogens (primary N) is 1. The second-order valence-electron chi connectivity index (χ2n) is 5.04. The van der Waals surface area contributed by atoms with E-state index in [1.165, 1.54) is 7.11 Å². The smallest absolute Gasteiger partial charge is 0.407 e. The van der Waals surface area contributed by atoms with Crippen LogP contribution in [0.5, 0.6) is 0 Å². The molecule has 0 bridgehead atoms. The second-order valence-corrected chi connectivity index (χ2v) is 5.04. The standard InChI is InChI=1S/C13H21N5O3/c1-4-18-11(10(14)8(2)16-18)12(19)17-6-5-9(7-17)15-13(20)21-3/h9H,4-7,14H2,1-3H3,(H,15,20). The molecule has 21 heavy (non-hydrogen) atoms. The highest BCUT2D eigenvalue weighted by Gasteiger charge is 2.31. The molecule has 8 nitrogen and oxygen atoms in total. The number of anilines is 1. The minimum Gasteiger partial charge on any atom is -0.453 e. The average Bonchev–Trinajstić information content (AvgIpc) is 3.04. The normalized spacial score (nSPS) is 17.9. The predicted octanol–water partition coefficient (Wildman–Crippen LogP) is 0.364. The molecule has 0 aliphatic carbocycles. The molecule has 0 saturated carbocycles. The van der Waals surface area contributed by atoms with Crippen molar-refractivity contribution < 1.29 is 14.3 Å². The Kier molecular flexibility index (Phi) is 4.35. The topological polar surface area (TPSA) is 102 Å². The Balaban J connectivity index is 2.10. The van der Waals surface area contributed by atoms with Crippen molar-refractivity contribution in [2.75, 3.05) is 25.9 Å². The summed E-state index contributed by atoms with van der Waals surface area (Å²) in [7, 11) is 1.32. The number of alkyl carbamates (subject to hydrolysis) is 1. The van der Waals surface area contributed by atoms with Gasteiger partial charge in [-0.25, -0.2) is 4.79 Å². The maximum absolute atomic E-state index is 12.6. The van der Waals surface area contributed by atoms with Gasteiger partial charge in [-0.2, -0.15) is 5.10 Å². The van der Waals surface area contributed by atoms with Crippen LogP contribution in [0.2, 0.25) is 0 Å². The molecular formula is C13H21N5O3. The molecule has 2 heterocycles. The Morgan fingerprint density at radius 3 is 2.86 bits per heavy atom. The molecule has 1 unspecified atom stereocenters. The lowest BCUT2D eigenvalue weighted by atomic mass is 10.2. The predicted molar refractivity (Wildman–Crippen MR) is 76.9 cm³/mol. The van der Waals surface area contributed by atoms with Crippen LogP contribution in [0.4, 0.5) is 10.5 Å². The zero-order chi connectivity index (χ0) is 15.6. The zero-order valence-electron chi connectivity index (χ0n) is 12.5. The number of carbonyl (C=O) groups excluding carboxylic acids is 2. The van der Waals surface area contributed by atoms with Gasteiger partial charge in [0.15, 0.2) is 0 Å². The summed E-state index contributed by atoms with van der Waals surface area (Å²) in [5.41, 5.74) is 7.47. The lowest BCUT2D eigenvalue weighted by Crippen LogP contribution is -2.39. The van der Waals surface area contributed by atoms with Crippen molar-refractivity contribution in [1.82, 2.24) is 20.0 Å². The quantitative estimate of drug-likeness (QED) is 0.838. The third-order valence-corrected chi connectivity index (χ3v) is 3.66. The first-order valence-electron chi connectivity index (χ1n) is 6.94. The molecule has 116 valence electrons. The third kappa shape index (κ3) is 2.93. The van der Waals surface area contributed by atoms with Crippen LogP contribution >= 0.6 is 0 Å². The number of hydrogen-bond acceptors (Lipinski definition) is 5. The summed E-state index contributed by atoms with van der Waals surface area (Å²) >= 11 is 0. The van der Waals surface area contributed by atoms with Crippen molar-refractivity contribution in [3.63, 3.8) is 0 Å². The van der Waals surface area contributed by atoms with Crippen LogP contribution in [0.15, 0.2) is 0 Å². The number of nitrogens with zero attached hydrogens (tertiary/aromatic N) is 3. The van der Waals surface area contributed by atoms with Gasteiger partial charge in [0.2, 0.25) is 0 Å². The first-order valence-corrected chi connectivity index (χ1v) is 6.94. The lowest BCUT2D eigenvalue weighted by molar-refractivity contribution is 0.0777. The number of hydrogen-bond donors (Lipinski definition) is 2. The summed E-state index contributed by atoms with van der Waals surface area (Å²) in [6.45, 7) is 5.29. The number of nitrogens with one attached hydrogen (secondary N) is 1. The van der Waals surface area contributed by atoms with Gasteiger partial charge in [-0.15, -0.1) is 0 Å². The fraction of sp³-hybridized carbons (Fsp3) is 0.615. The maximum Gasteiger partial charge on any atom is 0.407 e. The maximum atomic E-state index is 12.6. The minimum atomic E-state index is -0.483. The van der Waals surface area contributed by atoms with Gasteiger partial charge < -0.3 is 20.7 Å². The number of nitrogen functional groups attached to an aromatic ring is 1. The molecule has 1 fully saturated rings. The fourth-order valence-corrected chi connectivity index (χ4v) is 2.49. The second kappa shape index (κ2) is 6.02. The Labute approximate surface area is 123 Å². The van der Waals surface area contributed by atoms with E-state index >= 15 is 0 Å². The van der Waals surface area contributed by atoms with E-state index in [4.69, 9.17) is 5.73 Å². The van der Waals surface area contributed by atoms with Crippen molar-refractivity contribution in [2.24, 2.45) is 0 Å². The van der Waals surface area contributed by atoms with E-state index < -0.39 is 6.09 Å². The third-order valence-electron chi connectivity index (χ3n) is 3.66. The van der Waals surface area contributed by atoms with E-state index in [2.05, 4.69) is 15.2 Å². The van der Waals surface area contributed by atoms with E-state index in [1.807, 2.05) is 6.92 Å². The van der Waals surface area contributed by atoms with E-state index in [0.29, 0.717) is 43.1 Å². The number of methoxy groups -OCH3 is 1. The number of aromatic nitrogens is 2. The molecule has 1 aromatic heterocycles. The Bertz CT molecular complexity index is 554. The monoisotopic (exact) mass is 295 g/mol. The molecule has 2 amide bonds. The molecule has 0 radical (unpaired) electrons. The molecule has 8 heteroatoms. The van der Waals surface area contributed by atoms with Crippen molar-refractivity contribution in [1.29, 1.82) is 0 Å². The largest absolute Gasteiger partial charge is 0.453 e. The van der Waals surface area contributed by atoms with Crippen molar-refractivity contribution in [3.05, 3.63) is 11.4 Å². The number of rotatable bonds is 3. The number of aryl methyl sites for hydroxylation is 2. The Morgan fingerprint density at radius 1 is 1.52 bits per heavy atom. The lowest BCUT2D eigenvalue weighted by Gasteiger charge is -2.17. The van der Waals surface area contributed by atoms with Gasteiger partial charge >= 0.3 is 6.09 Å². The Morgan fingerprint density at radius 2 is 2.24 bits per heavy atom. The molecule has 0 spiro atoms. The summed E-state index contributed by atoms with van der Waals surface area (Å²) in [6.07, 6.45) is 0.211. The van der Waals surface area contributed by atoms with Gasteiger partial charge in [-0.3, -0.25) is 9.48 Å². The van der Waals surface area contributed by atoms with Crippen LogP contribution in [0.25, 0.3) is 0 Å². The van der Waals surface area contributed by atoms with E-state index in [9.17, 15) is 9.59 Å². The van der Waals surface area contributed by atoms with Gasteiger partial charge in [0.1, 0.15) is 5.69 Å². The highest BCUT2D eigenvalue weighted by Crippen LogP contribution is 2.21. The summed E-state index contributed by atoms with van der Waals surface area (Å²) in [6, 6.07) is -0.0956. The molecular weight excluding hydrogens is 274 g/mol. The van der Waals surface area contributed by atoms with Gasteiger partial charge in [0.05, 0.1) is 24.5 Å². The van der Waals surface area contributed by atoms with Crippen LogP contribution in [-0.2, 0) is 11.3 Å². The molecule has 1 aliphatic heterocycles. The molecule has 1 atom stereocenters. The summed E-state index contributed by atoms with van der Waals surface area (Å²) in [5.74, 6) is -0.149. The highest BCUT2D eigenvalue weighted by molar-refractivity contribution is 5.98. The van der Waals surface area contributed by atoms with Gasteiger partial charge in [0, 0.05) is 19.6 Å². The summed E-state index contributed by atoms with van der Waals surface area (Å²) < 4.78 is 6.18. The average molecular weight is 295 g/mol. The van der Waals surface area contributed by atoms with Crippen LogP contribution in [0.3, 0.4) is 0 Å². The fourth-order valence-electron chi connectivity index (χ4n) is 2.49. The number of ether oxygens (including phenoxy) is 1. The first kappa shape index (κ1) is 15.1. The molecule has 0 aromatic carbocycles.